The van der Waals surface area contributed by atoms with E-state index in [1.165, 1.54) is 6.92 Å². The molecule has 0 amide bonds. The lowest BCUT2D eigenvalue weighted by atomic mass is 10.1. The summed E-state index contributed by atoms with van der Waals surface area (Å²) >= 11 is 6.21. The molecule has 0 saturated heterocycles. The molecule has 0 aliphatic rings. The number of carbonyl (C=O) groups is 1. The van der Waals surface area contributed by atoms with E-state index in [4.69, 9.17) is 16.0 Å². The molecule has 1 rings (SSSR count). The first kappa shape index (κ1) is 18.2. The third kappa shape index (κ3) is 3.70. The first-order valence-electron chi connectivity index (χ1n) is 7.62. The molecule has 0 aromatic heterocycles. The van der Waals surface area contributed by atoms with Crippen molar-refractivity contribution in [3.63, 3.8) is 0 Å². The van der Waals surface area contributed by atoms with E-state index in [0.29, 0.717) is 27.2 Å². The number of ketones is 1. The predicted octanol–water partition coefficient (Wildman–Crippen LogP) is 6.10. The van der Waals surface area contributed by atoms with Crippen molar-refractivity contribution in [3.8, 4) is 5.75 Å². The maximum Gasteiger partial charge on any atom is 0.258 e. The number of halogens is 1. The Kier molecular flexibility index (Phi) is 6.06. The number of Topliss-reactive ketones (excluding diaryl/α,β-unsaturated/α-hetero) is 1. The molecule has 0 aliphatic carbocycles. The Hall–Kier alpha value is -0.803. The fourth-order valence-electron chi connectivity index (χ4n) is 3.40. The van der Waals surface area contributed by atoms with E-state index in [-0.39, 0.29) is 5.78 Å². The third-order valence-corrected chi connectivity index (χ3v) is 10.6. The van der Waals surface area contributed by atoms with Crippen LogP contribution in [0.4, 0.5) is 0 Å². The van der Waals surface area contributed by atoms with Crippen LogP contribution >= 0.6 is 11.6 Å². The lowest BCUT2D eigenvalue weighted by molar-refractivity contribution is 0.101. The van der Waals surface area contributed by atoms with Crippen LogP contribution in [0.5, 0.6) is 5.75 Å². The Morgan fingerprint density at radius 3 is 1.86 bits per heavy atom. The maximum absolute atomic E-state index is 11.5. The van der Waals surface area contributed by atoms with Crippen molar-refractivity contribution in [1.29, 1.82) is 0 Å². The van der Waals surface area contributed by atoms with Gasteiger partial charge in [0.1, 0.15) is 5.75 Å². The van der Waals surface area contributed by atoms with Crippen LogP contribution in [0.15, 0.2) is 18.2 Å². The van der Waals surface area contributed by atoms with Crippen molar-refractivity contribution in [3.05, 3.63) is 28.8 Å². The van der Waals surface area contributed by atoms with Crippen molar-refractivity contribution >= 4 is 25.7 Å². The normalized spacial score (nSPS) is 12.3. The van der Waals surface area contributed by atoms with Gasteiger partial charge in [0.05, 0.1) is 5.02 Å². The summed E-state index contributed by atoms with van der Waals surface area (Å²) < 4.78 is 6.55. The standard InChI is InChI=1S/C17H27ClO2Si/c1-11(2)21(12(3)4,13(5)6)20-15-8-9-16(14(7)19)17(18)10-15/h8-13H,1-7H3. The Bertz CT molecular complexity index is 488. The quantitative estimate of drug-likeness (QED) is 0.466. The van der Waals surface area contributed by atoms with Gasteiger partial charge in [0.2, 0.25) is 0 Å². The van der Waals surface area contributed by atoms with Gasteiger partial charge in [0, 0.05) is 5.56 Å². The summed E-state index contributed by atoms with van der Waals surface area (Å²) in [5, 5.41) is 0.471. The van der Waals surface area contributed by atoms with Crippen LogP contribution in [0.1, 0.15) is 58.8 Å². The summed E-state index contributed by atoms with van der Waals surface area (Å²) in [5.74, 6) is 0.763. The molecule has 2 nitrogen and oxygen atoms in total. The van der Waals surface area contributed by atoms with Crippen molar-refractivity contribution in [2.75, 3.05) is 0 Å². The predicted molar refractivity (Wildman–Crippen MR) is 93.1 cm³/mol. The molecule has 0 bridgehead atoms. The fourth-order valence-corrected chi connectivity index (χ4v) is 8.95. The molecule has 0 N–H and O–H groups in total. The van der Waals surface area contributed by atoms with Crippen LogP contribution in [0.3, 0.4) is 0 Å². The van der Waals surface area contributed by atoms with Gasteiger partial charge >= 0.3 is 0 Å². The van der Waals surface area contributed by atoms with Gasteiger partial charge in [-0.15, -0.1) is 0 Å². The van der Waals surface area contributed by atoms with E-state index >= 15 is 0 Å². The van der Waals surface area contributed by atoms with Crippen molar-refractivity contribution in [2.24, 2.45) is 0 Å². The average molecular weight is 327 g/mol. The molecule has 0 aliphatic heterocycles. The van der Waals surface area contributed by atoms with Crippen LogP contribution in [0.25, 0.3) is 0 Å². The zero-order chi connectivity index (χ0) is 16.4. The molecular formula is C17H27ClO2Si. The van der Waals surface area contributed by atoms with E-state index in [0.717, 1.165) is 5.75 Å². The van der Waals surface area contributed by atoms with Crippen LogP contribution in [0.2, 0.25) is 21.6 Å². The second-order valence-corrected chi connectivity index (χ2v) is 12.4. The first-order valence-corrected chi connectivity index (χ1v) is 10.1. The molecule has 1 aromatic carbocycles. The molecule has 0 unspecified atom stereocenters. The van der Waals surface area contributed by atoms with Crippen molar-refractivity contribution in [1.82, 2.24) is 0 Å². The molecule has 0 heterocycles. The molecule has 118 valence electrons. The summed E-state index contributed by atoms with van der Waals surface area (Å²) in [5.41, 5.74) is 2.06. The number of hydrogen-bond donors (Lipinski definition) is 0. The highest BCUT2D eigenvalue weighted by molar-refractivity contribution is 6.78. The second kappa shape index (κ2) is 6.97. The molecule has 0 fully saturated rings. The number of carbonyl (C=O) groups excluding carboxylic acids is 1. The van der Waals surface area contributed by atoms with Gasteiger partial charge in [0.25, 0.3) is 8.32 Å². The van der Waals surface area contributed by atoms with Crippen LogP contribution in [0, 0.1) is 0 Å². The lowest BCUT2D eigenvalue weighted by Crippen LogP contribution is -2.50. The largest absolute Gasteiger partial charge is 0.543 e. The monoisotopic (exact) mass is 326 g/mol. The first-order chi connectivity index (χ1) is 9.62. The molecule has 0 atom stereocenters. The van der Waals surface area contributed by atoms with Crippen molar-refractivity contribution < 1.29 is 9.22 Å². The summed E-state index contributed by atoms with van der Waals surface area (Å²) in [4.78, 5) is 11.5. The lowest BCUT2D eigenvalue weighted by Gasteiger charge is -2.42. The molecule has 1 aromatic rings. The maximum atomic E-state index is 11.5. The smallest absolute Gasteiger partial charge is 0.258 e. The second-order valence-electron chi connectivity index (χ2n) is 6.62. The minimum atomic E-state index is -1.98. The fraction of sp³-hybridized carbons (Fsp3) is 0.588. The minimum Gasteiger partial charge on any atom is -0.543 e. The van der Waals surface area contributed by atoms with E-state index in [1.54, 1.807) is 12.1 Å². The summed E-state index contributed by atoms with van der Waals surface area (Å²) in [7, 11) is -1.98. The highest BCUT2D eigenvalue weighted by Crippen LogP contribution is 2.43. The molecule has 0 spiro atoms. The number of rotatable bonds is 6. The van der Waals surface area contributed by atoms with Gasteiger partial charge in [-0.05, 0) is 41.7 Å². The Morgan fingerprint density at radius 1 is 1.05 bits per heavy atom. The molecular weight excluding hydrogens is 300 g/mol. The zero-order valence-electron chi connectivity index (χ0n) is 14.2. The minimum absolute atomic E-state index is 0.0216. The zero-order valence-corrected chi connectivity index (χ0v) is 15.9. The number of hydrogen-bond acceptors (Lipinski definition) is 2. The van der Waals surface area contributed by atoms with Crippen LogP contribution in [-0.2, 0) is 0 Å². The molecule has 0 saturated carbocycles. The summed E-state index contributed by atoms with van der Waals surface area (Å²) in [6.07, 6.45) is 0. The SMILES string of the molecule is CC(=O)c1ccc(O[Si](C(C)C)(C(C)C)C(C)C)cc1Cl. The van der Waals surface area contributed by atoms with E-state index in [9.17, 15) is 4.79 Å². The Morgan fingerprint density at radius 2 is 1.52 bits per heavy atom. The molecule has 0 radical (unpaired) electrons. The van der Waals surface area contributed by atoms with Gasteiger partial charge in [0.15, 0.2) is 5.78 Å². The van der Waals surface area contributed by atoms with E-state index in [1.807, 2.05) is 6.07 Å². The molecule has 21 heavy (non-hydrogen) atoms. The Labute approximate surface area is 135 Å². The number of benzene rings is 1. The van der Waals surface area contributed by atoms with E-state index < -0.39 is 8.32 Å². The van der Waals surface area contributed by atoms with Crippen LogP contribution < -0.4 is 4.43 Å². The topological polar surface area (TPSA) is 26.3 Å². The van der Waals surface area contributed by atoms with Gasteiger partial charge in [-0.3, -0.25) is 4.79 Å². The third-order valence-electron chi connectivity index (χ3n) is 4.32. The van der Waals surface area contributed by atoms with Gasteiger partial charge in [-0.25, -0.2) is 0 Å². The highest BCUT2D eigenvalue weighted by Gasteiger charge is 2.47. The summed E-state index contributed by atoms with van der Waals surface area (Å²) in [6.45, 7) is 15.0. The highest BCUT2D eigenvalue weighted by atomic mass is 35.5. The molecule has 4 heteroatoms. The summed E-state index contributed by atoms with van der Waals surface area (Å²) in [6, 6.07) is 5.42. The van der Waals surface area contributed by atoms with Crippen molar-refractivity contribution in [2.45, 2.75) is 65.1 Å². The van der Waals surface area contributed by atoms with E-state index in [2.05, 4.69) is 41.5 Å². The Balaban J connectivity index is 3.22. The van der Waals surface area contributed by atoms with Gasteiger partial charge in [-0.1, -0.05) is 53.1 Å². The van der Waals surface area contributed by atoms with Crippen LogP contribution in [-0.4, -0.2) is 14.1 Å². The average Bonchev–Trinajstić information content (AvgIpc) is 2.34. The van der Waals surface area contributed by atoms with Gasteiger partial charge < -0.3 is 4.43 Å². The van der Waals surface area contributed by atoms with Gasteiger partial charge in [-0.2, -0.15) is 0 Å².